The number of nitrogens with zero attached hydrogens (tertiary/aromatic N) is 1. The fourth-order valence-electron chi connectivity index (χ4n) is 2.13. The smallest absolute Gasteiger partial charge is 0.168 e. The molecule has 0 bridgehead atoms. The zero-order chi connectivity index (χ0) is 9.10. The summed E-state index contributed by atoms with van der Waals surface area (Å²) in [7, 11) is 0. The van der Waals surface area contributed by atoms with E-state index in [1.54, 1.807) is 0 Å². The van der Waals surface area contributed by atoms with E-state index < -0.39 is 0 Å². The van der Waals surface area contributed by atoms with Crippen molar-refractivity contribution < 1.29 is 4.57 Å². The Kier molecular flexibility index (Phi) is 2.60. The van der Waals surface area contributed by atoms with Crippen molar-refractivity contribution in [2.45, 2.75) is 31.8 Å². The van der Waals surface area contributed by atoms with Gasteiger partial charge in [-0.15, -0.1) is 0 Å². The molecule has 2 atom stereocenters. The van der Waals surface area contributed by atoms with Crippen molar-refractivity contribution in [2.24, 2.45) is 11.7 Å². The lowest BCUT2D eigenvalue weighted by Gasteiger charge is -2.04. The maximum Gasteiger partial charge on any atom is 0.168 e. The highest BCUT2D eigenvalue weighted by atomic mass is 14.9. The van der Waals surface area contributed by atoms with Crippen LogP contribution in [0.1, 0.15) is 19.3 Å². The second kappa shape index (κ2) is 3.88. The van der Waals surface area contributed by atoms with Crippen molar-refractivity contribution in [3.63, 3.8) is 0 Å². The molecule has 70 valence electrons. The highest BCUT2D eigenvalue weighted by molar-refractivity contribution is 4.84. The molecule has 1 aliphatic rings. The molecular formula is C11H17N2+. The lowest BCUT2D eigenvalue weighted by atomic mass is 10.1. The van der Waals surface area contributed by atoms with E-state index in [4.69, 9.17) is 5.73 Å². The molecule has 1 heterocycles. The van der Waals surface area contributed by atoms with E-state index in [2.05, 4.69) is 35.2 Å². The van der Waals surface area contributed by atoms with Crippen LogP contribution in [0, 0.1) is 5.92 Å². The lowest BCUT2D eigenvalue weighted by molar-refractivity contribution is -0.703. The third-order valence-corrected chi connectivity index (χ3v) is 2.83. The van der Waals surface area contributed by atoms with Gasteiger partial charge in [-0.3, -0.25) is 0 Å². The molecule has 2 nitrogen and oxygen atoms in total. The summed E-state index contributed by atoms with van der Waals surface area (Å²) >= 11 is 0. The van der Waals surface area contributed by atoms with Crippen LogP contribution in [0.5, 0.6) is 0 Å². The van der Waals surface area contributed by atoms with Gasteiger partial charge < -0.3 is 5.73 Å². The van der Waals surface area contributed by atoms with Crippen LogP contribution < -0.4 is 10.3 Å². The van der Waals surface area contributed by atoms with Gasteiger partial charge in [0.1, 0.15) is 0 Å². The molecule has 0 amide bonds. The van der Waals surface area contributed by atoms with E-state index in [1.807, 2.05) is 0 Å². The quantitative estimate of drug-likeness (QED) is 0.674. The molecule has 2 N–H and O–H groups in total. The molecule has 2 unspecified atom stereocenters. The van der Waals surface area contributed by atoms with Gasteiger partial charge in [0.05, 0.1) is 0 Å². The molecule has 0 aliphatic heterocycles. The van der Waals surface area contributed by atoms with Gasteiger partial charge in [-0.1, -0.05) is 6.07 Å². The SMILES string of the molecule is NC1CCC(C[n+]2ccccc2)C1. The zero-order valence-electron chi connectivity index (χ0n) is 7.89. The summed E-state index contributed by atoms with van der Waals surface area (Å²) in [6.45, 7) is 1.13. The molecule has 1 aliphatic carbocycles. The minimum Gasteiger partial charge on any atom is -0.328 e. The van der Waals surface area contributed by atoms with Crippen LogP contribution in [0.4, 0.5) is 0 Å². The number of hydrogen-bond donors (Lipinski definition) is 1. The first-order chi connectivity index (χ1) is 6.34. The molecule has 2 rings (SSSR count). The maximum atomic E-state index is 5.87. The van der Waals surface area contributed by atoms with Crippen molar-refractivity contribution in [2.75, 3.05) is 0 Å². The summed E-state index contributed by atoms with van der Waals surface area (Å²) in [6, 6.07) is 6.66. The number of nitrogens with two attached hydrogens (primary N) is 1. The third-order valence-electron chi connectivity index (χ3n) is 2.83. The molecular weight excluding hydrogens is 160 g/mol. The van der Waals surface area contributed by atoms with Crippen LogP contribution in [0.2, 0.25) is 0 Å². The molecule has 1 fully saturated rings. The highest BCUT2D eigenvalue weighted by Gasteiger charge is 2.24. The average molecular weight is 177 g/mol. The van der Waals surface area contributed by atoms with Crippen molar-refractivity contribution in [3.05, 3.63) is 30.6 Å². The van der Waals surface area contributed by atoms with Crippen LogP contribution >= 0.6 is 0 Å². The predicted molar refractivity (Wildman–Crippen MR) is 52.0 cm³/mol. The molecule has 1 saturated carbocycles. The van der Waals surface area contributed by atoms with Crippen LogP contribution in [-0.4, -0.2) is 6.04 Å². The van der Waals surface area contributed by atoms with Gasteiger partial charge in [0.2, 0.25) is 0 Å². The van der Waals surface area contributed by atoms with E-state index in [9.17, 15) is 0 Å². The Morgan fingerprint density at radius 1 is 1.15 bits per heavy atom. The normalized spacial score (nSPS) is 27.8. The monoisotopic (exact) mass is 177 g/mol. The van der Waals surface area contributed by atoms with Gasteiger partial charge >= 0.3 is 0 Å². The Labute approximate surface area is 79.4 Å². The predicted octanol–water partition coefficient (Wildman–Crippen LogP) is 1.10. The summed E-state index contributed by atoms with van der Waals surface area (Å²) in [6.07, 6.45) is 7.96. The first kappa shape index (κ1) is 8.70. The second-order valence-electron chi connectivity index (χ2n) is 4.01. The molecule has 2 heteroatoms. The van der Waals surface area contributed by atoms with Gasteiger partial charge in [-0.25, -0.2) is 4.57 Å². The summed E-state index contributed by atoms with van der Waals surface area (Å²) in [5, 5.41) is 0. The standard InChI is InChI=1S/C11H17N2/c12-11-5-4-10(8-11)9-13-6-2-1-3-7-13/h1-3,6-7,10-11H,4-5,8-9,12H2/q+1. The van der Waals surface area contributed by atoms with Crippen molar-refractivity contribution >= 4 is 0 Å². The molecule has 1 aromatic heterocycles. The van der Waals surface area contributed by atoms with E-state index in [1.165, 1.54) is 19.3 Å². The van der Waals surface area contributed by atoms with Gasteiger partial charge in [0, 0.05) is 24.1 Å². The number of pyridine rings is 1. The highest BCUT2D eigenvalue weighted by Crippen LogP contribution is 2.23. The van der Waals surface area contributed by atoms with Crippen molar-refractivity contribution in [1.29, 1.82) is 0 Å². The summed E-state index contributed by atoms with van der Waals surface area (Å²) in [5.41, 5.74) is 5.87. The molecule has 1 aromatic rings. The number of rotatable bonds is 2. The van der Waals surface area contributed by atoms with E-state index in [-0.39, 0.29) is 0 Å². The molecule has 0 spiro atoms. The summed E-state index contributed by atoms with van der Waals surface area (Å²) < 4.78 is 2.25. The van der Waals surface area contributed by atoms with Gasteiger partial charge in [0.15, 0.2) is 18.9 Å². The lowest BCUT2D eigenvalue weighted by Crippen LogP contribution is -2.36. The minimum absolute atomic E-state index is 0.453. The number of aromatic nitrogens is 1. The van der Waals surface area contributed by atoms with E-state index in [0.717, 1.165) is 12.5 Å². The average Bonchev–Trinajstić information content (AvgIpc) is 2.53. The molecule has 13 heavy (non-hydrogen) atoms. The van der Waals surface area contributed by atoms with Crippen molar-refractivity contribution in [1.82, 2.24) is 0 Å². The molecule has 0 aromatic carbocycles. The largest absolute Gasteiger partial charge is 0.328 e. The summed E-state index contributed by atoms with van der Waals surface area (Å²) in [4.78, 5) is 0. The Balaban J connectivity index is 1.92. The zero-order valence-corrected chi connectivity index (χ0v) is 7.89. The molecule has 0 radical (unpaired) electrons. The Morgan fingerprint density at radius 3 is 2.54 bits per heavy atom. The first-order valence-corrected chi connectivity index (χ1v) is 5.04. The third kappa shape index (κ3) is 2.28. The maximum absolute atomic E-state index is 5.87. The Bertz CT molecular complexity index is 258. The second-order valence-corrected chi connectivity index (χ2v) is 4.01. The fourth-order valence-corrected chi connectivity index (χ4v) is 2.13. The summed E-state index contributed by atoms with van der Waals surface area (Å²) in [5.74, 6) is 0.794. The van der Waals surface area contributed by atoms with E-state index >= 15 is 0 Å². The van der Waals surface area contributed by atoms with Crippen LogP contribution in [0.15, 0.2) is 30.6 Å². The van der Waals surface area contributed by atoms with Gasteiger partial charge in [0.25, 0.3) is 0 Å². The fraction of sp³-hybridized carbons (Fsp3) is 0.545. The van der Waals surface area contributed by atoms with Crippen LogP contribution in [-0.2, 0) is 6.54 Å². The minimum atomic E-state index is 0.453. The number of hydrogen-bond acceptors (Lipinski definition) is 1. The first-order valence-electron chi connectivity index (χ1n) is 5.04. The Hall–Kier alpha value is -0.890. The Morgan fingerprint density at radius 2 is 1.92 bits per heavy atom. The van der Waals surface area contributed by atoms with Crippen molar-refractivity contribution in [3.8, 4) is 0 Å². The topological polar surface area (TPSA) is 29.9 Å². The van der Waals surface area contributed by atoms with Gasteiger partial charge in [-0.05, 0) is 19.3 Å². The molecule has 0 saturated heterocycles. The van der Waals surface area contributed by atoms with Crippen LogP contribution in [0.3, 0.4) is 0 Å². The van der Waals surface area contributed by atoms with E-state index in [0.29, 0.717) is 6.04 Å². The van der Waals surface area contributed by atoms with Crippen LogP contribution in [0.25, 0.3) is 0 Å². The van der Waals surface area contributed by atoms with Gasteiger partial charge in [-0.2, -0.15) is 0 Å².